The summed E-state index contributed by atoms with van der Waals surface area (Å²) < 4.78 is 0. The van der Waals surface area contributed by atoms with Crippen LogP contribution in [0, 0.1) is 5.92 Å². The van der Waals surface area contributed by atoms with Gasteiger partial charge >= 0.3 is 5.97 Å². The van der Waals surface area contributed by atoms with Crippen LogP contribution in [0.25, 0.3) is 0 Å². The highest BCUT2D eigenvalue weighted by Gasteiger charge is 2.36. The van der Waals surface area contributed by atoms with Crippen LogP contribution in [0.4, 0.5) is 5.13 Å². The molecule has 1 N–H and O–H groups in total. The zero-order chi connectivity index (χ0) is 14.0. The van der Waals surface area contributed by atoms with Gasteiger partial charge in [0.05, 0.1) is 5.92 Å². The maximum atomic E-state index is 11.8. The van der Waals surface area contributed by atoms with E-state index in [4.69, 9.17) is 5.11 Å². The van der Waals surface area contributed by atoms with Crippen molar-refractivity contribution in [3.05, 3.63) is 5.01 Å². The number of hydrogen-bond acceptors (Lipinski definition) is 5. The van der Waals surface area contributed by atoms with Gasteiger partial charge in [0.2, 0.25) is 11.0 Å². The van der Waals surface area contributed by atoms with Crippen LogP contribution in [0.1, 0.15) is 44.0 Å². The van der Waals surface area contributed by atoms with Crippen LogP contribution in [0.3, 0.4) is 0 Å². The van der Waals surface area contributed by atoms with E-state index in [1.165, 1.54) is 16.2 Å². The Bertz CT molecular complexity index is 484. The van der Waals surface area contributed by atoms with Crippen LogP contribution < -0.4 is 4.90 Å². The quantitative estimate of drug-likeness (QED) is 0.892. The minimum atomic E-state index is -0.930. The number of anilines is 1. The Kier molecular flexibility index (Phi) is 4.14. The molecule has 0 aliphatic carbocycles. The molecule has 1 amide bonds. The third-order valence-electron chi connectivity index (χ3n) is 3.47. The molecule has 1 atom stereocenters. The molecule has 2 rings (SSSR count). The molecule has 0 saturated carbocycles. The number of carbonyl (C=O) groups is 2. The fourth-order valence-corrected chi connectivity index (χ4v) is 3.33. The number of amides is 1. The molecule has 104 valence electrons. The van der Waals surface area contributed by atoms with E-state index in [2.05, 4.69) is 24.0 Å². The van der Waals surface area contributed by atoms with Gasteiger partial charge in [-0.05, 0) is 12.8 Å². The standard InChI is InChI=1S/C12H17N3O3S/c1-3-7(4-2)10-13-14-12(19-10)15-6-8(11(17)18)5-9(15)16/h7-8H,3-6H2,1-2H3,(H,17,18). The molecule has 0 aromatic carbocycles. The highest BCUT2D eigenvalue weighted by atomic mass is 32.1. The maximum absolute atomic E-state index is 11.8. The predicted octanol–water partition coefficient (Wildman–Crippen LogP) is 1.88. The van der Waals surface area contributed by atoms with Crippen molar-refractivity contribution in [1.82, 2.24) is 10.2 Å². The van der Waals surface area contributed by atoms with E-state index in [9.17, 15) is 9.59 Å². The van der Waals surface area contributed by atoms with Crippen LogP contribution in [-0.2, 0) is 9.59 Å². The summed E-state index contributed by atoms with van der Waals surface area (Å²) in [5.41, 5.74) is 0. The molecule has 0 radical (unpaired) electrons. The van der Waals surface area contributed by atoms with Gasteiger partial charge in [-0.3, -0.25) is 14.5 Å². The summed E-state index contributed by atoms with van der Waals surface area (Å²) in [6, 6.07) is 0. The number of carboxylic acid groups (broad SMARTS) is 1. The zero-order valence-corrected chi connectivity index (χ0v) is 11.8. The van der Waals surface area contributed by atoms with Crippen molar-refractivity contribution in [3.8, 4) is 0 Å². The smallest absolute Gasteiger partial charge is 0.308 e. The molecule has 2 heterocycles. The van der Waals surface area contributed by atoms with Gasteiger partial charge in [-0.1, -0.05) is 25.2 Å². The fraction of sp³-hybridized carbons (Fsp3) is 0.667. The zero-order valence-electron chi connectivity index (χ0n) is 11.0. The molecule has 1 aliphatic heterocycles. The van der Waals surface area contributed by atoms with Crippen LogP contribution in [0.5, 0.6) is 0 Å². The number of rotatable bonds is 5. The molecule has 19 heavy (non-hydrogen) atoms. The summed E-state index contributed by atoms with van der Waals surface area (Å²) >= 11 is 1.39. The lowest BCUT2D eigenvalue weighted by atomic mass is 10.1. The first-order chi connectivity index (χ1) is 9.06. The lowest BCUT2D eigenvalue weighted by molar-refractivity contribution is -0.141. The SMILES string of the molecule is CCC(CC)c1nnc(N2CC(C(=O)O)CC2=O)s1. The first kappa shape index (κ1) is 13.9. The Morgan fingerprint density at radius 2 is 2.16 bits per heavy atom. The summed E-state index contributed by atoms with van der Waals surface area (Å²) in [7, 11) is 0. The van der Waals surface area contributed by atoms with Gasteiger partial charge in [-0.25, -0.2) is 0 Å². The summed E-state index contributed by atoms with van der Waals surface area (Å²) in [6.07, 6.45) is 2.02. The predicted molar refractivity (Wildman–Crippen MR) is 71.3 cm³/mol. The first-order valence-electron chi connectivity index (χ1n) is 6.43. The average molecular weight is 283 g/mol. The van der Waals surface area contributed by atoms with Gasteiger partial charge in [-0.2, -0.15) is 0 Å². The maximum Gasteiger partial charge on any atom is 0.308 e. The summed E-state index contributed by atoms with van der Waals surface area (Å²) in [5, 5.41) is 18.6. The van der Waals surface area contributed by atoms with Crippen molar-refractivity contribution in [1.29, 1.82) is 0 Å². The molecule has 1 aromatic heterocycles. The number of hydrogen-bond donors (Lipinski definition) is 1. The minimum absolute atomic E-state index is 0.0508. The number of aromatic nitrogens is 2. The van der Waals surface area contributed by atoms with E-state index < -0.39 is 11.9 Å². The molecule has 0 bridgehead atoms. The largest absolute Gasteiger partial charge is 0.481 e. The third kappa shape index (κ3) is 2.75. The van der Waals surface area contributed by atoms with Crippen molar-refractivity contribution >= 4 is 28.3 Å². The summed E-state index contributed by atoms with van der Waals surface area (Å²) in [6.45, 7) is 4.39. The van der Waals surface area contributed by atoms with Crippen LogP contribution >= 0.6 is 11.3 Å². The molecular weight excluding hydrogens is 266 g/mol. The Hall–Kier alpha value is -1.50. The highest BCUT2D eigenvalue weighted by Crippen LogP contribution is 2.32. The molecule has 1 aromatic rings. The van der Waals surface area contributed by atoms with Gasteiger partial charge in [-0.15, -0.1) is 10.2 Å². The van der Waals surface area contributed by atoms with E-state index in [1.807, 2.05) is 0 Å². The Labute approximate surface area is 115 Å². The molecular formula is C12H17N3O3S. The Morgan fingerprint density at radius 1 is 1.47 bits per heavy atom. The van der Waals surface area contributed by atoms with Crippen LogP contribution in [0.15, 0.2) is 0 Å². The molecule has 1 aliphatic rings. The second-order valence-corrected chi connectivity index (χ2v) is 5.67. The highest BCUT2D eigenvalue weighted by molar-refractivity contribution is 7.15. The Morgan fingerprint density at radius 3 is 2.68 bits per heavy atom. The van der Waals surface area contributed by atoms with Crippen molar-refractivity contribution in [2.75, 3.05) is 11.4 Å². The van der Waals surface area contributed by atoms with Crippen LogP contribution in [0.2, 0.25) is 0 Å². The number of carbonyl (C=O) groups excluding carboxylic acids is 1. The third-order valence-corrected chi connectivity index (χ3v) is 4.58. The molecule has 1 fully saturated rings. The molecule has 0 spiro atoms. The van der Waals surface area contributed by atoms with Gasteiger partial charge in [0.15, 0.2) is 0 Å². The van der Waals surface area contributed by atoms with Gasteiger partial charge in [0, 0.05) is 18.9 Å². The van der Waals surface area contributed by atoms with E-state index >= 15 is 0 Å². The monoisotopic (exact) mass is 283 g/mol. The number of carboxylic acids is 1. The first-order valence-corrected chi connectivity index (χ1v) is 7.25. The topological polar surface area (TPSA) is 83.4 Å². The van der Waals surface area contributed by atoms with Crippen LogP contribution in [-0.4, -0.2) is 33.7 Å². The van der Waals surface area contributed by atoms with E-state index in [0.717, 1.165) is 17.8 Å². The van der Waals surface area contributed by atoms with Crippen molar-refractivity contribution in [2.24, 2.45) is 5.92 Å². The van der Waals surface area contributed by atoms with E-state index in [1.54, 1.807) is 0 Å². The van der Waals surface area contributed by atoms with Gasteiger partial charge in [0.25, 0.3) is 0 Å². The van der Waals surface area contributed by atoms with Crippen molar-refractivity contribution < 1.29 is 14.7 Å². The van der Waals surface area contributed by atoms with E-state index in [0.29, 0.717) is 11.0 Å². The average Bonchev–Trinajstić information content (AvgIpc) is 2.97. The normalized spacial score (nSPS) is 19.4. The lowest BCUT2D eigenvalue weighted by Crippen LogP contribution is -2.25. The molecule has 1 unspecified atom stereocenters. The molecule has 7 heteroatoms. The lowest BCUT2D eigenvalue weighted by Gasteiger charge is -2.11. The summed E-state index contributed by atoms with van der Waals surface area (Å²) in [4.78, 5) is 24.2. The van der Waals surface area contributed by atoms with Gasteiger partial charge in [0.1, 0.15) is 5.01 Å². The second-order valence-electron chi connectivity index (χ2n) is 4.68. The number of nitrogens with zero attached hydrogens (tertiary/aromatic N) is 3. The van der Waals surface area contributed by atoms with E-state index in [-0.39, 0.29) is 18.9 Å². The number of aliphatic carboxylic acids is 1. The van der Waals surface area contributed by atoms with Gasteiger partial charge < -0.3 is 5.11 Å². The minimum Gasteiger partial charge on any atom is -0.481 e. The Balaban J connectivity index is 2.15. The molecule has 6 nitrogen and oxygen atoms in total. The van der Waals surface area contributed by atoms with Crippen molar-refractivity contribution in [2.45, 2.75) is 39.0 Å². The second kappa shape index (κ2) is 5.64. The fourth-order valence-electron chi connectivity index (χ4n) is 2.20. The van der Waals surface area contributed by atoms with Crippen molar-refractivity contribution in [3.63, 3.8) is 0 Å². The summed E-state index contributed by atoms with van der Waals surface area (Å²) in [5.74, 6) is -1.38. The molecule has 1 saturated heterocycles.